The number of azo groups is 1. The topological polar surface area (TPSA) is 126 Å². The lowest BCUT2D eigenvalue weighted by Crippen LogP contribution is -2.45. The van der Waals surface area contributed by atoms with Gasteiger partial charge >= 0.3 is 21.5 Å². The summed E-state index contributed by atoms with van der Waals surface area (Å²) in [7, 11) is -5.73. The molecule has 0 aliphatic carbocycles. The number of esters is 1. The maximum atomic E-state index is 13.3. The summed E-state index contributed by atoms with van der Waals surface area (Å²) in [6, 6.07) is 3.25. The molecule has 0 bridgehead atoms. The van der Waals surface area contributed by atoms with Crippen molar-refractivity contribution in [2.45, 2.75) is 90.2 Å². The Kier molecular flexibility index (Phi) is 10.3. The Balaban J connectivity index is 2.03. The maximum absolute atomic E-state index is 13.3. The van der Waals surface area contributed by atoms with E-state index in [1.165, 1.54) is 6.07 Å². The third kappa shape index (κ3) is 7.24. The fourth-order valence-corrected chi connectivity index (χ4v) is 5.60. The highest BCUT2D eigenvalue weighted by Gasteiger charge is 2.46. The summed E-state index contributed by atoms with van der Waals surface area (Å²) in [4.78, 5) is 14.3. The molecule has 2 aromatic rings. The second-order valence-electron chi connectivity index (χ2n) is 9.11. The van der Waals surface area contributed by atoms with Crippen molar-refractivity contribution in [2.24, 2.45) is 10.2 Å². The monoisotopic (exact) mass is 590 g/mol. The number of fused-ring (bicyclic) bond motifs is 1. The highest BCUT2D eigenvalue weighted by Crippen LogP contribution is 2.42. The van der Waals surface area contributed by atoms with Gasteiger partial charge in [0.2, 0.25) is 5.01 Å². The van der Waals surface area contributed by atoms with Crippen molar-refractivity contribution in [3.63, 3.8) is 0 Å². The molecule has 1 aliphatic rings. The lowest BCUT2D eigenvalue weighted by atomic mass is 9.90. The average molecular weight is 591 g/mol. The zero-order valence-corrected chi connectivity index (χ0v) is 23.9. The van der Waals surface area contributed by atoms with E-state index in [-0.39, 0.29) is 40.2 Å². The number of hydrogen-bond donors (Lipinski definition) is 1. The van der Waals surface area contributed by atoms with E-state index in [1.807, 2.05) is 20.8 Å². The molecule has 1 unspecified atom stereocenters. The predicted octanol–water partition coefficient (Wildman–Crippen LogP) is 6.89. The number of carbonyl (C=O) groups is 1. The second kappa shape index (κ2) is 13.0. The summed E-state index contributed by atoms with van der Waals surface area (Å²) < 4.78 is 70.7. The molecule has 0 radical (unpaired) electrons. The molecule has 2 heterocycles. The molecule has 0 saturated heterocycles. The number of benzene rings is 1. The highest BCUT2D eigenvalue weighted by atomic mass is 32.2. The molecule has 1 aromatic heterocycles. The third-order valence-corrected chi connectivity index (χ3v) is 8.42. The van der Waals surface area contributed by atoms with Crippen molar-refractivity contribution in [1.82, 2.24) is 10.2 Å². The van der Waals surface area contributed by atoms with Gasteiger partial charge in [-0.05, 0) is 56.2 Å². The number of anilines is 2. The number of sulfonamides is 1. The molecule has 10 nitrogen and oxygen atoms in total. The molecule has 1 N–H and O–H groups in total. The normalized spacial score (nSPS) is 16.1. The molecule has 0 saturated carbocycles. The van der Waals surface area contributed by atoms with Crippen LogP contribution in [-0.2, 0) is 21.2 Å². The Morgan fingerprint density at radius 1 is 1.21 bits per heavy atom. The van der Waals surface area contributed by atoms with Gasteiger partial charge in [0.15, 0.2) is 0 Å². The fourth-order valence-electron chi connectivity index (χ4n) is 4.47. The number of aromatic nitrogens is 2. The van der Waals surface area contributed by atoms with Crippen molar-refractivity contribution in [3.05, 3.63) is 22.7 Å². The van der Waals surface area contributed by atoms with Gasteiger partial charge in [0.25, 0.3) is 5.13 Å². The van der Waals surface area contributed by atoms with Crippen LogP contribution in [0.5, 0.6) is 0 Å². The van der Waals surface area contributed by atoms with Crippen LogP contribution in [0.3, 0.4) is 0 Å². The number of halogens is 3. The van der Waals surface area contributed by atoms with E-state index < -0.39 is 21.5 Å². The number of carbonyl (C=O) groups excluding carboxylic acids is 1. The molecule has 1 atom stereocenters. The molecule has 0 fully saturated rings. The SMILES string of the molecule is CCCCOC(=O)c1nnc(N=Nc2cc3c(cc2NS(=O)(=O)C(F)(F)F)N(C(CC)CC)C(CC)CC3)s1. The maximum Gasteiger partial charge on any atom is 0.516 e. The first-order valence-corrected chi connectivity index (χ1v) is 15.2. The number of hydrogen-bond acceptors (Lipinski definition) is 10. The molecule has 1 aromatic carbocycles. The van der Waals surface area contributed by atoms with Gasteiger partial charge in [0.05, 0.1) is 12.3 Å². The van der Waals surface area contributed by atoms with E-state index in [0.717, 1.165) is 49.0 Å². The zero-order chi connectivity index (χ0) is 28.8. The van der Waals surface area contributed by atoms with Crippen molar-refractivity contribution in [1.29, 1.82) is 0 Å². The molecular formula is C24H33F3N6O4S2. The van der Waals surface area contributed by atoms with E-state index in [1.54, 1.807) is 10.8 Å². The minimum Gasteiger partial charge on any atom is -0.460 e. The number of ether oxygens (including phenoxy) is 1. The minimum absolute atomic E-state index is 0.0375. The van der Waals surface area contributed by atoms with Gasteiger partial charge < -0.3 is 9.64 Å². The van der Waals surface area contributed by atoms with E-state index in [2.05, 4.69) is 32.2 Å². The molecule has 1 aliphatic heterocycles. The number of nitrogens with one attached hydrogen (secondary N) is 1. The lowest BCUT2D eigenvalue weighted by molar-refractivity contribution is -0.0429. The highest BCUT2D eigenvalue weighted by molar-refractivity contribution is 7.93. The van der Waals surface area contributed by atoms with Crippen LogP contribution >= 0.6 is 11.3 Å². The number of nitrogens with zero attached hydrogens (tertiary/aromatic N) is 5. The first-order chi connectivity index (χ1) is 18.4. The largest absolute Gasteiger partial charge is 0.516 e. The van der Waals surface area contributed by atoms with Crippen molar-refractivity contribution in [2.75, 3.05) is 16.2 Å². The Morgan fingerprint density at radius 3 is 2.54 bits per heavy atom. The van der Waals surface area contributed by atoms with Crippen LogP contribution in [0.25, 0.3) is 0 Å². The summed E-state index contributed by atoms with van der Waals surface area (Å²) in [6.07, 6.45) is 5.49. The quantitative estimate of drug-likeness (QED) is 0.162. The number of unbranched alkanes of at least 4 members (excludes halogenated alkanes) is 1. The predicted molar refractivity (Wildman–Crippen MR) is 144 cm³/mol. The Bertz CT molecular complexity index is 1280. The van der Waals surface area contributed by atoms with E-state index in [9.17, 15) is 26.4 Å². The van der Waals surface area contributed by atoms with Crippen LogP contribution in [-0.4, -0.2) is 48.8 Å². The molecule has 216 valence electrons. The molecule has 3 rings (SSSR count). The minimum atomic E-state index is -5.73. The van der Waals surface area contributed by atoms with E-state index >= 15 is 0 Å². The summed E-state index contributed by atoms with van der Waals surface area (Å²) >= 11 is 0.800. The van der Waals surface area contributed by atoms with Crippen molar-refractivity contribution in [3.8, 4) is 0 Å². The van der Waals surface area contributed by atoms with Crippen LogP contribution < -0.4 is 9.62 Å². The Hall–Kier alpha value is -2.81. The van der Waals surface area contributed by atoms with Gasteiger partial charge in [0.1, 0.15) is 5.69 Å². The van der Waals surface area contributed by atoms with E-state index in [0.29, 0.717) is 18.5 Å². The zero-order valence-electron chi connectivity index (χ0n) is 22.3. The van der Waals surface area contributed by atoms with E-state index in [4.69, 9.17) is 4.74 Å². The van der Waals surface area contributed by atoms with Gasteiger partial charge in [-0.25, -0.2) is 4.79 Å². The number of alkyl halides is 3. The molecule has 0 spiro atoms. The summed E-state index contributed by atoms with van der Waals surface area (Å²) in [5.74, 6) is -0.665. The van der Waals surface area contributed by atoms with Crippen LogP contribution in [0.15, 0.2) is 22.4 Å². The summed E-state index contributed by atoms with van der Waals surface area (Å²) in [5.41, 5.74) is -4.49. The van der Waals surface area contributed by atoms with Gasteiger partial charge in [-0.1, -0.05) is 45.5 Å². The Morgan fingerprint density at radius 2 is 1.92 bits per heavy atom. The van der Waals surface area contributed by atoms with Gasteiger partial charge in [-0.3, -0.25) is 4.72 Å². The lowest BCUT2D eigenvalue weighted by Gasteiger charge is -2.44. The smallest absolute Gasteiger partial charge is 0.460 e. The summed E-state index contributed by atoms with van der Waals surface area (Å²) in [6.45, 7) is 8.32. The third-order valence-electron chi connectivity index (χ3n) is 6.53. The Labute approximate surface area is 230 Å². The summed E-state index contributed by atoms with van der Waals surface area (Å²) in [5, 5.41) is 15.4. The van der Waals surface area contributed by atoms with Crippen LogP contribution in [0, 0.1) is 0 Å². The molecule has 0 amide bonds. The van der Waals surface area contributed by atoms with Crippen LogP contribution in [0.2, 0.25) is 0 Å². The first-order valence-electron chi connectivity index (χ1n) is 12.9. The molecule has 39 heavy (non-hydrogen) atoms. The molecular weight excluding hydrogens is 557 g/mol. The van der Waals surface area contributed by atoms with Crippen LogP contribution in [0.1, 0.15) is 81.6 Å². The fraction of sp³-hybridized carbons (Fsp3) is 0.625. The van der Waals surface area contributed by atoms with Gasteiger partial charge in [-0.15, -0.1) is 20.4 Å². The van der Waals surface area contributed by atoms with Crippen molar-refractivity contribution >= 4 is 49.5 Å². The standard InChI is InChI=1S/C24H33F3N6O4S2/c1-5-9-12-37-22(34)21-29-31-23(38-21)30-28-18-13-15-10-11-17(8-4)33(16(6-2)7-3)20(15)14-19(18)32-39(35,36)24(25,26)27/h13-14,16-17,32H,5-12H2,1-4H3. The number of aryl methyl sites for hydroxylation is 1. The van der Waals surface area contributed by atoms with Crippen LogP contribution in [0.4, 0.5) is 35.4 Å². The number of rotatable bonds is 12. The average Bonchev–Trinajstić information content (AvgIpc) is 3.37. The first kappa shape index (κ1) is 30.7. The van der Waals surface area contributed by atoms with Crippen molar-refractivity contribution < 1.29 is 31.1 Å². The second-order valence-corrected chi connectivity index (χ2v) is 11.7. The molecule has 15 heteroatoms. The van der Waals surface area contributed by atoms with Gasteiger partial charge in [0, 0.05) is 17.8 Å². The van der Waals surface area contributed by atoms with Gasteiger partial charge in [-0.2, -0.15) is 21.6 Å².